The van der Waals surface area contributed by atoms with Gasteiger partial charge in [0, 0.05) is 30.1 Å². The molecule has 132 valence electrons. The molecule has 0 atom stereocenters. The highest BCUT2D eigenvalue weighted by Gasteiger charge is 2.27. The maximum absolute atomic E-state index is 12.9. The van der Waals surface area contributed by atoms with Crippen molar-refractivity contribution in [3.63, 3.8) is 0 Å². The van der Waals surface area contributed by atoms with E-state index in [0.29, 0.717) is 6.04 Å². The fourth-order valence-electron chi connectivity index (χ4n) is 3.47. The first kappa shape index (κ1) is 16.7. The first-order chi connectivity index (χ1) is 12.2. The minimum Gasteiger partial charge on any atom is -0.338 e. The number of carbonyl (C=O) groups is 1. The molecule has 0 spiro atoms. The standard InChI is InChI=1S/C20H25N3OS/c1-14-18(4-5-19(22-14)16-8-11-25-13-16)20(24)23-9-6-17(7-10-23)21-12-15-2-3-15/h4-5,8,11,13,15,17,21H,2-3,6-7,9-10,12H2,1H3. The van der Waals surface area contributed by atoms with Crippen molar-refractivity contribution in [1.82, 2.24) is 15.2 Å². The Kier molecular flexibility index (Phi) is 4.86. The second-order valence-corrected chi connectivity index (χ2v) is 8.04. The Morgan fingerprint density at radius 2 is 2.04 bits per heavy atom. The van der Waals surface area contributed by atoms with Crippen LogP contribution in [-0.4, -0.2) is 41.5 Å². The van der Waals surface area contributed by atoms with Gasteiger partial charge in [-0.3, -0.25) is 9.78 Å². The molecule has 1 aliphatic carbocycles. The van der Waals surface area contributed by atoms with Crippen molar-refractivity contribution in [1.29, 1.82) is 0 Å². The Morgan fingerprint density at radius 3 is 2.68 bits per heavy atom. The SMILES string of the molecule is Cc1nc(-c2ccsc2)ccc1C(=O)N1CCC(NCC2CC2)CC1. The Balaban J connectivity index is 1.37. The molecule has 1 aliphatic heterocycles. The Morgan fingerprint density at radius 1 is 1.24 bits per heavy atom. The third kappa shape index (κ3) is 3.93. The summed E-state index contributed by atoms with van der Waals surface area (Å²) in [6.07, 6.45) is 4.88. The van der Waals surface area contributed by atoms with E-state index in [1.165, 1.54) is 12.8 Å². The van der Waals surface area contributed by atoms with Crippen LogP contribution in [-0.2, 0) is 0 Å². The third-order valence-electron chi connectivity index (χ3n) is 5.31. The number of carbonyl (C=O) groups excluding carboxylic acids is 1. The van der Waals surface area contributed by atoms with E-state index in [9.17, 15) is 4.79 Å². The quantitative estimate of drug-likeness (QED) is 0.889. The summed E-state index contributed by atoms with van der Waals surface area (Å²) in [5.41, 5.74) is 3.62. The first-order valence-corrected chi connectivity index (χ1v) is 10.2. The van der Waals surface area contributed by atoms with Gasteiger partial charge in [-0.15, -0.1) is 0 Å². The number of hydrogen-bond acceptors (Lipinski definition) is 4. The van der Waals surface area contributed by atoms with Gasteiger partial charge in [0.05, 0.1) is 17.0 Å². The lowest BCUT2D eigenvalue weighted by Crippen LogP contribution is -2.45. The predicted octanol–water partition coefficient (Wildman–Crippen LogP) is 3.72. The highest BCUT2D eigenvalue weighted by molar-refractivity contribution is 7.08. The van der Waals surface area contributed by atoms with Gasteiger partial charge in [0.25, 0.3) is 5.91 Å². The topological polar surface area (TPSA) is 45.2 Å². The van der Waals surface area contributed by atoms with Crippen LogP contribution < -0.4 is 5.32 Å². The molecule has 0 bridgehead atoms. The number of thiophene rings is 1. The van der Waals surface area contributed by atoms with Crippen molar-refractivity contribution < 1.29 is 4.79 Å². The summed E-state index contributed by atoms with van der Waals surface area (Å²) in [5.74, 6) is 1.04. The third-order valence-corrected chi connectivity index (χ3v) is 5.99. The van der Waals surface area contributed by atoms with E-state index in [1.54, 1.807) is 11.3 Å². The van der Waals surface area contributed by atoms with E-state index in [2.05, 4.69) is 21.7 Å². The average Bonchev–Trinajstić information content (AvgIpc) is 3.30. The minimum absolute atomic E-state index is 0.127. The number of hydrogen-bond donors (Lipinski definition) is 1. The lowest BCUT2D eigenvalue weighted by atomic mass is 10.0. The zero-order valence-corrected chi connectivity index (χ0v) is 15.5. The molecular weight excluding hydrogens is 330 g/mol. The second-order valence-electron chi connectivity index (χ2n) is 7.26. The van der Waals surface area contributed by atoms with Crippen LogP contribution in [0.1, 0.15) is 41.7 Å². The number of amides is 1. The van der Waals surface area contributed by atoms with Crippen LogP contribution in [0.3, 0.4) is 0 Å². The summed E-state index contributed by atoms with van der Waals surface area (Å²) in [4.78, 5) is 19.5. The summed E-state index contributed by atoms with van der Waals surface area (Å²) < 4.78 is 0. The molecule has 1 saturated carbocycles. The van der Waals surface area contributed by atoms with E-state index in [4.69, 9.17) is 0 Å². The van der Waals surface area contributed by atoms with Gasteiger partial charge in [0.1, 0.15) is 0 Å². The van der Waals surface area contributed by atoms with E-state index >= 15 is 0 Å². The molecule has 5 heteroatoms. The first-order valence-electron chi connectivity index (χ1n) is 9.23. The number of aryl methyl sites for hydroxylation is 1. The molecule has 2 fully saturated rings. The molecular formula is C20H25N3OS. The molecule has 0 aromatic carbocycles. The lowest BCUT2D eigenvalue weighted by molar-refractivity contribution is 0.0704. The van der Waals surface area contributed by atoms with Gasteiger partial charge < -0.3 is 10.2 Å². The predicted molar refractivity (Wildman–Crippen MR) is 102 cm³/mol. The second kappa shape index (κ2) is 7.26. The van der Waals surface area contributed by atoms with Crippen LogP contribution in [0.15, 0.2) is 29.0 Å². The number of likely N-dealkylation sites (tertiary alicyclic amines) is 1. The molecule has 2 aliphatic rings. The summed E-state index contributed by atoms with van der Waals surface area (Å²) in [5, 5.41) is 7.80. The zero-order chi connectivity index (χ0) is 17.2. The Hall–Kier alpha value is -1.72. The van der Waals surface area contributed by atoms with Gasteiger partial charge in [-0.25, -0.2) is 0 Å². The van der Waals surface area contributed by atoms with Gasteiger partial charge in [0.2, 0.25) is 0 Å². The van der Waals surface area contributed by atoms with Gasteiger partial charge in [-0.2, -0.15) is 11.3 Å². The number of nitrogens with zero attached hydrogens (tertiary/aromatic N) is 2. The molecule has 2 aromatic rings. The lowest BCUT2D eigenvalue weighted by Gasteiger charge is -2.33. The molecule has 2 aromatic heterocycles. The van der Waals surface area contributed by atoms with Crippen molar-refractivity contribution >= 4 is 17.2 Å². The van der Waals surface area contributed by atoms with E-state index in [1.807, 2.05) is 29.3 Å². The summed E-state index contributed by atoms with van der Waals surface area (Å²) in [6, 6.07) is 6.54. The van der Waals surface area contributed by atoms with Gasteiger partial charge in [0.15, 0.2) is 0 Å². The van der Waals surface area contributed by atoms with Gasteiger partial charge >= 0.3 is 0 Å². The maximum atomic E-state index is 12.9. The zero-order valence-electron chi connectivity index (χ0n) is 14.7. The van der Waals surface area contributed by atoms with Crippen molar-refractivity contribution in [2.75, 3.05) is 19.6 Å². The van der Waals surface area contributed by atoms with E-state index < -0.39 is 0 Å². The summed E-state index contributed by atoms with van der Waals surface area (Å²) >= 11 is 1.66. The summed E-state index contributed by atoms with van der Waals surface area (Å²) in [7, 11) is 0. The number of piperidine rings is 1. The van der Waals surface area contributed by atoms with Crippen molar-refractivity contribution in [3.05, 3.63) is 40.2 Å². The molecule has 0 unspecified atom stereocenters. The molecule has 4 rings (SSSR count). The molecule has 1 amide bonds. The van der Waals surface area contributed by atoms with E-state index in [-0.39, 0.29) is 5.91 Å². The Labute approximate surface area is 153 Å². The van der Waals surface area contributed by atoms with Crippen LogP contribution in [0.4, 0.5) is 0 Å². The highest BCUT2D eigenvalue weighted by atomic mass is 32.1. The average molecular weight is 356 g/mol. The molecule has 1 N–H and O–H groups in total. The van der Waals surface area contributed by atoms with Crippen molar-refractivity contribution in [3.8, 4) is 11.3 Å². The molecule has 3 heterocycles. The van der Waals surface area contributed by atoms with Crippen molar-refractivity contribution in [2.24, 2.45) is 5.92 Å². The highest BCUT2D eigenvalue weighted by Crippen LogP contribution is 2.28. The van der Waals surface area contributed by atoms with Crippen LogP contribution in [0.5, 0.6) is 0 Å². The van der Waals surface area contributed by atoms with Gasteiger partial charge in [-0.05, 0) is 68.6 Å². The van der Waals surface area contributed by atoms with Gasteiger partial charge in [-0.1, -0.05) is 0 Å². The number of rotatable bonds is 5. The maximum Gasteiger partial charge on any atom is 0.255 e. The fourth-order valence-corrected chi connectivity index (χ4v) is 4.12. The Bertz CT molecular complexity index is 731. The number of pyridine rings is 1. The van der Waals surface area contributed by atoms with Crippen molar-refractivity contribution in [2.45, 2.75) is 38.6 Å². The molecule has 1 saturated heterocycles. The number of nitrogens with one attached hydrogen (secondary N) is 1. The van der Waals surface area contributed by atoms with Crippen LogP contribution in [0.25, 0.3) is 11.3 Å². The summed E-state index contributed by atoms with van der Waals surface area (Å²) in [6.45, 7) is 4.78. The minimum atomic E-state index is 0.127. The van der Waals surface area contributed by atoms with E-state index in [0.717, 1.165) is 60.9 Å². The molecule has 0 radical (unpaired) electrons. The van der Waals surface area contributed by atoms with Crippen LogP contribution in [0, 0.1) is 12.8 Å². The number of aromatic nitrogens is 1. The largest absolute Gasteiger partial charge is 0.338 e. The van der Waals surface area contributed by atoms with Crippen LogP contribution in [0.2, 0.25) is 0 Å². The monoisotopic (exact) mass is 355 g/mol. The normalized spacial score (nSPS) is 18.5. The molecule has 4 nitrogen and oxygen atoms in total. The fraction of sp³-hybridized carbons (Fsp3) is 0.500. The smallest absolute Gasteiger partial charge is 0.255 e. The molecule has 25 heavy (non-hydrogen) atoms. The van der Waals surface area contributed by atoms with Crippen LogP contribution >= 0.6 is 11.3 Å².